The third-order valence-electron chi connectivity index (χ3n) is 2.89. The lowest BCUT2D eigenvalue weighted by Crippen LogP contribution is -2.42. The number of hydrogen-bond acceptors (Lipinski definition) is 2. The van der Waals surface area contributed by atoms with E-state index >= 15 is 0 Å². The second-order valence-corrected chi connectivity index (χ2v) is 4.04. The summed E-state index contributed by atoms with van der Waals surface area (Å²) in [6.45, 7) is 1.58. The standard InChI is InChI=1S/C12H17NO3/c1-2-6-11(14)13-10-8-5-3-4-7-9(10)12(15)16/h9-10H,3-5,7-8H2,1H3,(H,13,14)(H,15,16). The molecule has 2 unspecified atom stereocenters. The average molecular weight is 223 g/mol. The monoisotopic (exact) mass is 223 g/mol. The molecule has 88 valence electrons. The van der Waals surface area contributed by atoms with Gasteiger partial charge in [-0.25, -0.2) is 0 Å². The van der Waals surface area contributed by atoms with Crippen molar-refractivity contribution in [2.24, 2.45) is 5.92 Å². The Morgan fingerprint density at radius 2 is 1.94 bits per heavy atom. The summed E-state index contributed by atoms with van der Waals surface area (Å²) >= 11 is 0. The Bertz CT molecular complexity index is 327. The lowest BCUT2D eigenvalue weighted by molar-refractivity contribution is -0.143. The first-order valence-electron chi connectivity index (χ1n) is 5.61. The first-order chi connectivity index (χ1) is 7.65. The van der Waals surface area contributed by atoms with E-state index in [1.807, 2.05) is 0 Å². The molecule has 1 aliphatic carbocycles. The molecule has 0 aromatic carbocycles. The molecule has 0 radical (unpaired) electrons. The number of carbonyl (C=O) groups excluding carboxylic acids is 1. The number of rotatable bonds is 2. The lowest BCUT2D eigenvalue weighted by atomic mass is 9.95. The fourth-order valence-corrected chi connectivity index (χ4v) is 2.09. The normalized spacial score (nSPS) is 24.8. The zero-order valence-electron chi connectivity index (χ0n) is 9.45. The van der Waals surface area contributed by atoms with Crippen LogP contribution in [-0.4, -0.2) is 23.0 Å². The Kier molecular flexibility index (Phi) is 4.84. The number of carboxylic acid groups (broad SMARTS) is 1. The van der Waals surface area contributed by atoms with Crippen LogP contribution < -0.4 is 5.32 Å². The van der Waals surface area contributed by atoms with Crippen LogP contribution in [-0.2, 0) is 9.59 Å². The molecule has 0 aromatic heterocycles. The fraction of sp³-hybridized carbons (Fsp3) is 0.667. The summed E-state index contributed by atoms with van der Waals surface area (Å²) in [5.41, 5.74) is 0. The molecule has 0 spiro atoms. The lowest BCUT2D eigenvalue weighted by Gasteiger charge is -2.21. The van der Waals surface area contributed by atoms with Crippen LogP contribution in [0.3, 0.4) is 0 Å². The topological polar surface area (TPSA) is 66.4 Å². The van der Waals surface area contributed by atoms with Crippen LogP contribution in [0.1, 0.15) is 39.0 Å². The average Bonchev–Trinajstić information content (AvgIpc) is 2.43. The highest BCUT2D eigenvalue weighted by molar-refractivity contribution is 5.93. The molecular formula is C12H17NO3. The van der Waals surface area contributed by atoms with E-state index in [1.54, 1.807) is 6.92 Å². The van der Waals surface area contributed by atoms with Gasteiger partial charge in [0.05, 0.1) is 5.92 Å². The first kappa shape index (κ1) is 12.6. The van der Waals surface area contributed by atoms with E-state index in [9.17, 15) is 9.59 Å². The first-order valence-corrected chi connectivity index (χ1v) is 5.61. The predicted molar refractivity (Wildman–Crippen MR) is 59.6 cm³/mol. The van der Waals surface area contributed by atoms with Crippen LogP contribution in [0, 0.1) is 17.8 Å². The molecule has 1 aliphatic rings. The molecule has 0 aliphatic heterocycles. The minimum atomic E-state index is -0.823. The summed E-state index contributed by atoms with van der Waals surface area (Å²) in [4.78, 5) is 22.4. The summed E-state index contributed by atoms with van der Waals surface area (Å²) in [6, 6.07) is -0.270. The van der Waals surface area contributed by atoms with Crippen LogP contribution in [0.4, 0.5) is 0 Å². The van der Waals surface area contributed by atoms with Gasteiger partial charge in [-0.2, -0.15) is 0 Å². The van der Waals surface area contributed by atoms with Gasteiger partial charge in [0.2, 0.25) is 0 Å². The van der Waals surface area contributed by atoms with Crippen molar-refractivity contribution in [1.82, 2.24) is 5.32 Å². The molecule has 1 amide bonds. The third-order valence-corrected chi connectivity index (χ3v) is 2.89. The maximum atomic E-state index is 11.3. The Morgan fingerprint density at radius 3 is 2.56 bits per heavy atom. The van der Waals surface area contributed by atoms with Crippen LogP contribution in [0.2, 0.25) is 0 Å². The number of nitrogens with one attached hydrogen (secondary N) is 1. The highest BCUT2D eigenvalue weighted by Crippen LogP contribution is 2.23. The minimum absolute atomic E-state index is 0.270. The van der Waals surface area contributed by atoms with E-state index in [2.05, 4.69) is 17.2 Å². The molecule has 16 heavy (non-hydrogen) atoms. The number of aliphatic carboxylic acids is 1. The quantitative estimate of drug-likeness (QED) is 0.545. The van der Waals surface area contributed by atoms with Crippen molar-refractivity contribution in [1.29, 1.82) is 0 Å². The van der Waals surface area contributed by atoms with Gasteiger partial charge in [0, 0.05) is 6.04 Å². The molecule has 2 atom stereocenters. The van der Waals surface area contributed by atoms with Crippen LogP contribution in [0.5, 0.6) is 0 Å². The molecule has 0 heterocycles. The van der Waals surface area contributed by atoms with Gasteiger partial charge in [-0.15, -0.1) is 0 Å². The van der Waals surface area contributed by atoms with Crippen molar-refractivity contribution < 1.29 is 14.7 Å². The Labute approximate surface area is 95.4 Å². The highest BCUT2D eigenvalue weighted by Gasteiger charge is 2.30. The number of carbonyl (C=O) groups is 2. The van der Waals surface area contributed by atoms with Crippen LogP contribution >= 0.6 is 0 Å². The molecule has 0 aromatic rings. The van der Waals surface area contributed by atoms with Gasteiger partial charge in [0.1, 0.15) is 0 Å². The Morgan fingerprint density at radius 1 is 1.25 bits per heavy atom. The molecule has 0 saturated heterocycles. The van der Waals surface area contributed by atoms with Crippen molar-refractivity contribution in [2.45, 2.75) is 45.1 Å². The van der Waals surface area contributed by atoms with Crippen molar-refractivity contribution in [3.63, 3.8) is 0 Å². The second kappa shape index (κ2) is 6.16. The van der Waals surface area contributed by atoms with Crippen molar-refractivity contribution >= 4 is 11.9 Å². The van der Waals surface area contributed by atoms with Gasteiger partial charge in [-0.1, -0.05) is 25.2 Å². The molecule has 1 saturated carbocycles. The molecule has 4 heteroatoms. The second-order valence-electron chi connectivity index (χ2n) is 4.04. The SMILES string of the molecule is CC#CC(=O)NC1CCCCCC1C(=O)O. The van der Waals surface area contributed by atoms with Crippen molar-refractivity contribution in [3.05, 3.63) is 0 Å². The van der Waals surface area contributed by atoms with Crippen molar-refractivity contribution in [2.75, 3.05) is 0 Å². The number of carboxylic acids is 1. The van der Waals surface area contributed by atoms with E-state index in [0.29, 0.717) is 6.42 Å². The predicted octanol–water partition coefficient (Wildman–Crippen LogP) is 1.16. The van der Waals surface area contributed by atoms with E-state index in [4.69, 9.17) is 5.11 Å². The molecule has 1 rings (SSSR count). The van der Waals surface area contributed by atoms with Crippen molar-refractivity contribution in [3.8, 4) is 11.8 Å². The van der Waals surface area contributed by atoms with E-state index < -0.39 is 11.9 Å². The minimum Gasteiger partial charge on any atom is -0.481 e. The summed E-state index contributed by atoms with van der Waals surface area (Å²) in [5.74, 6) is 3.22. The molecule has 4 nitrogen and oxygen atoms in total. The van der Waals surface area contributed by atoms with Crippen LogP contribution in [0.25, 0.3) is 0 Å². The van der Waals surface area contributed by atoms with Crippen LogP contribution in [0.15, 0.2) is 0 Å². The van der Waals surface area contributed by atoms with E-state index in [-0.39, 0.29) is 11.9 Å². The van der Waals surface area contributed by atoms with Gasteiger partial charge >= 0.3 is 5.97 Å². The molecule has 2 N–H and O–H groups in total. The largest absolute Gasteiger partial charge is 0.481 e. The highest BCUT2D eigenvalue weighted by atomic mass is 16.4. The molecule has 1 fully saturated rings. The smallest absolute Gasteiger partial charge is 0.308 e. The Balaban J connectivity index is 2.66. The van der Waals surface area contributed by atoms with Gasteiger partial charge in [-0.3, -0.25) is 9.59 Å². The maximum Gasteiger partial charge on any atom is 0.308 e. The Hall–Kier alpha value is -1.50. The third kappa shape index (κ3) is 3.58. The van der Waals surface area contributed by atoms with E-state index in [0.717, 1.165) is 25.7 Å². The van der Waals surface area contributed by atoms with Gasteiger partial charge in [-0.05, 0) is 25.7 Å². The summed E-state index contributed by atoms with van der Waals surface area (Å²) < 4.78 is 0. The zero-order chi connectivity index (χ0) is 12.0. The maximum absolute atomic E-state index is 11.3. The fourth-order valence-electron chi connectivity index (χ4n) is 2.09. The zero-order valence-corrected chi connectivity index (χ0v) is 9.45. The summed E-state index contributed by atoms with van der Waals surface area (Å²) in [7, 11) is 0. The number of amides is 1. The molecular weight excluding hydrogens is 206 g/mol. The summed E-state index contributed by atoms with van der Waals surface area (Å²) in [5, 5.41) is 11.8. The molecule has 0 bridgehead atoms. The van der Waals surface area contributed by atoms with Gasteiger partial charge in [0.25, 0.3) is 5.91 Å². The number of hydrogen-bond donors (Lipinski definition) is 2. The summed E-state index contributed by atoms with van der Waals surface area (Å²) in [6.07, 6.45) is 4.29. The van der Waals surface area contributed by atoms with Gasteiger partial charge in [0.15, 0.2) is 0 Å². The van der Waals surface area contributed by atoms with E-state index in [1.165, 1.54) is 0 Å². The van der Waals surface area contributed by atoms with Gasteiger partial charge < -0.3 is 10.4 Å².